The SMILES string of the molecule is C=CC(c1ccc(Cl)cc1)(C1CCOC(C)(C)C1)C(NC(=O)OC)C(=O)NC1CCCC1CCCC1CNC(C)CN1S(=O)(=O)CCC. The van der Waals surface area contributed by atoms with Gasteiger partial charge < -0.3 is 25.4 Å². The molecule has 10 nitrogen and oxygen atoms in total. The third kappa shape index (κ3) is 9.13. The maximum absolute atomic E-state index is 14.5. The van der Waals surface area contributed by atoms with E-state index in [0.29, 0.717) is 44.0 Å². The topological polar surface area (TPSA) is 126 Å². The third-order valence-electron chi connectivity index (χ3n) is 10.7. The van der Waals surface area contributed by atoms with Crippen molar-refractivity contribution < 1.29 is 27.5 Å². The fourth-order valence-corrected chi connectivity index (χ4v) is 10.3. The van der Waals surface area contributed by atoms with Gasteiger partial charge in [0, 0.05) is 48.3 Å². The highest BCUT2D eigenvalue weighted by molar-refractivity contribution is 7.89. The summed E-state index contributed by atoms with van der Waals surface area (Å²) in [5, 5.41) is 10.3. The molecular formula is C36H57ClN4O6S. The number of halogens is 1. The second-order valence-corrected chi connectivity index (χ2v) is 17.1. The van der Waals surface area contributed by atoms with Crippen LogP contribution in [0.5, 0.6) is 0 Å². The maximum Gasteiger partial charge on any atom is 0.407 e. The lowest BCUT2D eigenvalue weighted by atomic mass is 9.61. The lowest BCUT2D eigenvalue weighted by molar-refractivity contribution is -0.128. The molecule has 1 aliphatic carbocycles. The monoisotopic (exact) mass is 708 g/mol. The summed E-state index contributed by atoms with van der Waals surface area (Å²) in [6.45, 7) is 13.9. The predicted octanol–water partition coefficient (Wildman–Crippen LogP) is 5.55. The van der Waals surface area contributed by atoms with Crippen LogP contribution in [-0.2, 0) is 29.7 Å². The molecule has 0 radical (unpaired) electrons. The summed E-state index contributed by atoms with van der Waals surface area (Å²) >= 11 is 6.31. The van der Waals surface area contributed by atoms with Crippen molar-refractivity contribution in [3.63, 3.8) is 0 Å². The van der Waals surface area contributed by atoms with Gasteiger partial charge >= 0.3 is 6.09 Å². The van der Waals surface area contributed by atoms with Crippen molar-refractivity contribution in [3.8, 4) is 0 Å². The van der Waals surface area contributed by atoms with Crippen molar-refractivity contribution in [1.82, 2.24) is 20.3 Å². The van der Waals surface area contributed by atoms with E-state index in [1.54, 1.807) is 16.4 Å². The number of ether oxygens (including phenoxy) is 2. The summed E-state index contributed by atoms with van der Waals surface area (Å²) in [5.41, 5.74) is -0.567. The number of nitrogens with one attached hydrogen (secondary N) is 3. The molecule has 7 unspecified atom stereocenters. The van der Waals surface area contributed by atoms with Crippen LogP contribution in [-0.4, -0.2) is 87.1 Å². The number of hydrogen-bond acceptors (Lipinski definition) is 7. The highest BCUT2D eigenvalue weighted by atomic mass is 35.5. The van der Waals surface area contributed by atoms with Crippen LogP contribution in [0.3, 0.4) is 0 Å². The number of alkyl carbamates (subject to hydrolysis) is 1. The van der Waals surface area contributed by atoms with E-state index in [1.807, 2.05) is 45.9 Å². The number of sulfonamides is 1. The molecule has 7 atom stereocenters. The fourth-order valence-electron chi connectivity index (χ4n) is 8.34. The van der Waals surface area contributed by atoms with E-state index < -0.39 is 33.2 Å². The Morgan fingerprint density at radius 2 is 1.96 bits per heavy atom. The van der Waals surface area contributed by atoms with E-state index in [2.05, 4.69) is 22.5 Å². The summed E-state index contributed by atoms with van der Waals surface area (Å²) in [6.07, 6.45) is 8.36. The first-order chi connectivity index (χ1) is 22.8. The van der Waals surface area contributed by atoms with Crippen LogP contribution in [0.25, 0.3) is 0 Å². The molecule has 0 spiro atoms. The number of carbonyl (C=O) groups excluding carboxylic acids is 2. The minimum atomic E-state index is -3.30. The van der Waals surface area contributed by atoms with E-state index in [1.165, 1.54) is 7.11 Å². The summed E-state index contributed by atoms with van der Waals surface area (Å²) in [6, 6.07) is 6.41. The molecule has 1 saturated carbocycles. The van der Waals surface area contributed by atoms with Crippen LogP contribution in [0.4, 0.5) is 4.79 Å². The number of rotatable bonds is 14. The number of carbonyl (C=O) groups is 2. The summed E-state index contributed by atoms with van der Waals surface area (Å²) in [5.74, 6) is 0.0608. The summed E-state index contributed by atoms with van der Waals surface area (Å²) in [7, 11) is -2.01. The van der Waals surface area contributed by atoms with Gasteiger partial charge in [0.05, 0.1) is 18.5 Å². The van der Waals surface area contributed by atoms with Gasteiger partial charge in [-0.2, -0.15) is 4.31 Å². The Hall–Kier alpha value is -2.18. The van der Waals surface area contributed by atoms with Crippen molar-refractivity contribution in [2.75, 3.05) is 32.6 Å². The quantitative estimate of drug-likeness (QED) is 0.217. The lowest BCUT2D eigenvalue weighted by Crippen LogP contribution is -2.63. The van der Waals surface area contributed by atoms with Gasteiger partial charge in [0.15, 0.2) is 0 Å². The van der Waals surface area contributed by atoms with Crippen molar-refractivity contribution in [2.45, 2.75) is 121 Å². The van der Waals surface area contributed by atoms with Gasteiger partial charge in [-0.15, -0.1) is 6.58 Å². The highest BCUT2D eigenvalue weighted by Gasteiger charge is 2.52. The van der Waals surface area contributed by atoms with Crippen molar-refractivity contribution >= 4 is 33.6 Å². The molecule has 2 aliphatic heterocycles. The molecule has 3 aliphatic rings. The lowest BCUT2D eigenvalue weighted by Gasteiger charge is -2.49. The average molecular weight is 709 g/mol. The number of benzene rings is 1. The smallest absolute Gasteiger partial charge is 0.407 e. The van der Waals surface area contributed by atoms with E-state index in [0.717, 1.165) is 44.1 Å². The molecule has 3 fully saturated rings. The van der Waals surface area contributed by atoms with Crippen LogP contribution in [0.15, 0.2) is 36.9 Å². The Bertz CT molecular complexity index is 1360. The average Bonchev–Trinajstić information content (AvgIpc) is 3.48. The Balaban J connectivity index is 1.55. The van der Waals surface area contributed by atoms with Gasteiger partial charge in [-0.05, 0) is 95.2 Å². The van der Waals surface area contributed by atoms with Gasteiger partial charge in [0.1, 0.15) is 6.04 Å². The summed E-state index contributed by atoms with van der Waals surface area (Å²) in [4.78, 5) is 27.4. The molecule has 0 bridgehead atoms. The van der Waals surface area contributed by atoms with Gasteiger partial charge in [-0.1, -0.05) is 49.6 Å². The Morgan fingerprint density at radius 3 is 2.60 bits per heavy atom. The number of methoxy groups -OCH3 is 1. The van der Waals surface area contributed by atoms with Gasteiger partial charge in [-0.3, -0.25) is 4.79 Å². The van der Waals surface area contributed by atoms with Gasteiger partial charge in [0.2, 0.25) is 15.9 Å². The van der Waals surface area contributed by atoms with Crippen molar-refractivity contribution in [3.05, 3.63) is 47.5 Å². The highest BCUT2D eigenvalue weighted by Crippen LogP contribution is 2.46. The standard InChI is InChI=1S/C36H57ClN4O6S/c1-7-21-48(44,45)41-24-25(3)38-23-30(41)13-9-11-26-12-10-14-31(26)39-33(42)32(40-34(43)46-6)36(8-2,27-15-17-29(37)18-16-27)28-19-20-47-35(4,5)22-28/h8,15-18,25-26,28,30-32,38H,2,7,9-14,19-24H2,1,3-6H3,(H,39,42)(H,40,43). The minimum Gasteiger partial charge on any atom is -0.453 e. The first-order valence-electron chi connectivity index (χ1n) is 17.7. The second kappa shape index (κ2) is 16.7. The van der Waals surface area contributed by atoms with Crippen LogP contribution in [0.2, 0.25) is 5.02 Å². The number of amides is 2. The number of piperazine rings is 1. The molecule has 48 heavy (non-hydrogen) atoms. The zero-order valence-corrected chi connectivity index (χ0v) is 31.0. The van der Waals surface area contributed by atoms with E-state index in [-0.39, 0.29) is 41.6 Å². The second-order valence-electron chi connectivity index (χ2n) is 14.6. The molecule has 2 amide bonds. The van der Waals surface area contributed by atoms with Gasteiger partial charge in [-0.25, -0.2) is 13.2 Å². The van der Waals surface area contributed by atoms with Crippen LogP contribution < -0.4 is 16.0 Å². The molecule has 4 rings (SSSR count). The first kappa shape index (κ1) is 38.6. The number of nitrogens with zero attached hydrogens (tertiary/aromatic N) is 1. The van der Waals surface area contributed by atoms with Crippen molar-refractivity contribution in [1.29, 1.82) is 0 Å². The molecule has 2 saturated heterocycles. The molecule has 270 valence electrons. The predicted molar refractivity (Wildman–Crippen MR) is 191 cm³/mol. The van der Waals surface area contributed by atoms with Gasteiger partial charge in [0.25, 0.3) is 0 Å². The Morgan fingerprint density at radius 1 is 1.23 bits per heavy atom. The van der Waals surface area contributed by atoms with E-state index in [9.17, 15) is 18.0 Å². The first-order valence-corrected chi connectivity index (χ1v) is 19.7. The molecule has 0 aromatic heterocycles. The molecular weight excluding hydrogens is 652 g/mol. The molecule has 1 aromatic carbocycles. The van der Waals surface area contributed by atoms with Crippen LogP contribution in [0.1, 0.15) is 91.0 Å². The van der Waals surface area contributed by atoms with E-state index >= 15 is 0 Å². The minimum absolute atomic E-state index is 0.0669. The van der Waals surface area contributed by atoms with E-state index in [4.69, 9.17) is 21.1 Å². The normalized spacial score (nSPS) is 28.2. The largest absolute Gasteiger partial charge is 0.453 e. The Labute approximate surface area is 293 Å². The molecule has 12 heteroatoms. The summed E-state index contributed by atoms with van der Waals surface area (Å²) < 4.78 is 39.0. The molecule has 3 N–H and O–H groups in total. The molecule has 2 heterocycles. The zero-order valence-electron chi connectivity index (χ0n) is 29.4. The zero-order chi connectivity index (χ0) is 35.1. The van der Waals surface area contributed by atoms with Crippen LogP contribution in [0, 0.1) is 11.8 Å². The molecule has 1 aromatic rings. The maximum atomic E-state index is 14.5. The Kier molecular flexibility index (Phi) is 13.4. The van der Waals surface area contributed by atoms with Crippen molar-refractivity contribution in [2.24, 2.45) is 11.8 Å². The number of hydrogen-bond donors (Lipinski definition) is 3. The van der Waals surface area contributed by atoms with Crippen LogP contribution >= 0.6 is 11.6 Å². The third-order valence-corrected chi connectivity index (χ3v) is 13.1. The fraction of sp³-hybridized carbons (Fsp3) is 0.722.